The minimum atomic E-state index is 0.177. The van der Waals surface area contributed by atoms with Gasteiger partial charge in [0.2, 0.25) is 5.91 Å². The summed E-state index contributed by atoms with van der Waals surface area (Å²) < 4.78 is 0. The summed E-state index contributed by atoms with van der Waals surface area (Å²) in [5.41, 5.74) is 6.73. The first kappa shape index (κ1) is 14.4. The average Bonchev–Trinajstić information content (AvgIpc) is 2.87. The van der Waals surface area contributed by atoms with E-state index in [1.165, 1.54) is 0 Å². The fraction of sp³-hybridized carbons (Fsp3) is 0.533. The maximum Gasteiger partial charge on any atom is 0.223 e. The number of carbonyl (C=O) groups is 1. The van der Waals surface area contributed by atoms with Crippen molar-refractivity contribution in [2.75, 3.05) is 13.1 Å². The van der Waals surface area contributed by atoms with Gasteiger partial charge in [0.05, 0.1) is 6.04 Å². The molecule has 0 radical (unpaired) electrons. The lowest BCUT2D eigenvalue weighted by Gasteiger charge is -2.26. The van der Waals surface area contributed by atoms with Crippen molar-refractivity contribution in [1.29, 1.82) is 0 Å². The molecule has 0 aromatic heterocycles. The summed E-state index contributed by atoms with van der Waals surface area (Å²) in [6.07, 6.45) is 2.61. The van der Waals surface area contributed by atoms with Crippen molar-refractivity contribution in [1.82, 2.24) is 4.90 Å². The molecule has 4 heteroatoms. The zero-order valence-electron chi connectivity index (χ0n) is 11.3. The van der Waals surface area contributed by atoms with Crippen LogP contribution >= 0.6 is 11.6 Å². The Labute approximate surface area is 119 Å². The fourth-order valence-corrected chi connectivity index (χ4v) is 2.82. The van der Waals surface area contributed by atoms with Crippen LogP contribution in [0.1, 0.15) is 37.8 Å². The minimum Gasteiger partial charge on any atom is -0.336 e. The zero-order chi connectivity index (χ0) is 13.8. The molecule has 1 aromatic rings. The number of amides is 1. The summed E-state index contributed by atoms with van der Waals surface area (Å²) in [4.78, 5) is 14.3. The van der Waals surface area contributed by atoms with Crippen molar-refractivity contribution in [3.63, 3.8) is 0 Å². The minimum absolute atomic E-state index is 0.177. The topological polar surface area (TPSA) is 46.3 Å². The Morgan fingerprint density at radius 3 is 3.05 bits per heavy atom. The molecule has 0 aliphatic carbocycles. The SMILES string of the molecule is CC(CN)CC(=O)N1CCCC1c1cccc(Cl)c1. The highest BCUT2D eigenvalue weighted by atomic mass is 35.5. The fourth-order valence-electron chi connectivity index (χ4n) is 2.62. The van der Waals surface area contributed by atoms with Crippen molar-refractivity contribution < 1.29 is 4.79 Å². The normalized spacial score (nSPS) is 20.6. The summed E-state index contributed by atoms with van der Waals surface area (Å²) in [5, 5.41) is 0.729. The van der Waals surface area contributed by atoms with Crippen LogP contribution in [-0.2, 0) is 4.79 Å². The summed E-state index contributed by atoms with van der Waals surface area (Å²) in [5.74, 6) is 0.452. The standard InChI is InChI=1S/C15H21ClN2O/c1-11(10-17)8-15(19)18-7-3-6-14(18)12-4-2-5-13(16)9-12/h2,4-5,9,11,14H,3,6-8,10,17H2,1H3. The molecule has 2 atom stereocenters. The Morgan fingerprint density at radius 1 is 1.58 bits per heavy atom. The zero-order valence-corrected chi connectivity index (χ0v) is 12.1. The second-order valence-electron chi connectivity index (χ2n) is 5.35. The van der Waals surface area contributed by atoms with Crippen LogP contribution in [0.3, 0.4) is 0 Å². The average molecular weight is 281 g/mol. The quantitative estimate of drug-likeness (QED) is 0.922. The van der Waals surface area contributed by atoms with Gasteiger partial charge in [-0.05, 0) is 43.0 Å². The first-order valence-electron chi connectivity index (χ1n) is 6.87. The Hall–Kier alpha value is -1.06. The van der Waals surface area contributed by atoms with E-state index in [9.17, 15) is 4.79 Å². The van der Waals surface area contributed by atoms with Crippen LogP contribution in [0.2, 0.25) is 5.02 Å². The molecule has 1 saturated heterocycles. The maximum absolute atomic E-state index is 12.3. The maximum atomic E-state index is 12.3. The third-order valence-corrected chi connectivity index (χ3v) is 3.97. The van der Waals surface area contributed by atoms with Gasteiger partial charge in [-0.2, -0.15) is 0 Å². The van der Waals surface area contributed by atoms with Crippen molar-refractivity contribution in [2.24, 2.45) is 11.7 Å². The molecule has 1 aliphatic rings. The first-order chi connectivity index (χ1) is 9.11. The Morgan fingerprint density at radius 2 is 2.37 bits per heavy atom. The van der Waals surface area contributed by atoms with Gasteiger partial charge in [0.25, 0.3) is 0 Å². The molecule has 1 fully saturated rings. The summed E-state index contributed by atoms with van der Waals surface area (Å²) >= 11 is 6.04. The molecular weight excluding hydrogens is 260 g/mol. The van der Waals surface area contributed by atoms with Gasteiger partial charge in [0, 0.05) is 18.0 Å². The number of likely N-dealkylation sites (tertiary alicyclic amines) is 1. The number of rotatable bonds is 4. The molecule has 1 amide bonds. The largest absolute Gasteiger partial charge is 0.336 e. The number of hydrogen-bond donors (Lipinski definition) is 1. The van der Waals surface area contributed by atoms with E-state index >= 15 is 0 Å². The predicted molar refractivity (Wildman–Crippen MR) is 78.0 cm³/mol. The highest BCUT2D eigenvalue weighted by Crippen LogP contribution is 2.33. The van der Waals surface area contributed by atoms with E-state index in [0.717, 1.165) is 30.0 Å². The molecule has 1 aliphatic heterocycles. The van der Waals surface area contributed by atoms with Crippen LogP contribution < -0.4 is 5.73 Å². The predicted octanol–water partition coefficient (Wildman–Crippen LogP) is 2.99. The third-order valence-electron chi connectivity index (χ3n) is 3.73. The number of nitrogens with zero attached hydrogens (tertiary/aromatic N) is 1. The summed E-state index contributed by atoms with van der Waals surface area (Å²) in [6.45, 7) is 3.41. The van der Waals surface area contributed by atoms with Crippen molar-refractivity contribution >= 4 is 17.5 Å². The van der Waals surface area contributed by atoms with E-state index in [1.807, 2.05) is 30.0 Å². The summed E-state index contributed by atoms with van der Waals surface area (Å²) in [6, 6.07) is 8.00. The van der Waals surface area contributed by atoms with Crippen LogP contribution in [0.15, 0.2) is 24.3 Å². The molecule has 2 unspecified atom stereocenters. The first-order valence-corrected chi connectivity index (χ1v) is 7.24. The lowest BCUT2D eigenvalue weighted by molar-refractivity contribution is -0.133. The number of benzene rings is 1. The molecule has 2 rings (SSSR count). The number of hydrogen-bond acceptors (Lipinski definition) is 2. The Kier molecular flexibility index (Phi) is 4.83. The Balaban J connectivity index is 2.10. The van der Waals surface area contributed by atoms with Gasteiger partial charge in [-0.25, -0.2) is 0 Å². The van der Waals surface area contributed by atoms with Gasteiger partial charge in [0.1, 0.15) is 0 Å². The molecular formula is C15H21ClN2O. The molecule has 19 heavy (non-hydrogen) atoms. The molecule has 0 saturated carbocycles. The van der Waals surface area contributed by atoms with Gasteiger partial charge >= 0.3 is 0 Å². The second-order valence-corrected chi connectivity index (χ2v) is 5.78. The molecule has 0 spiro atoms. The lowest BCUT2D eigenvalue weighted by atomic mass is 10.0. The van der Waals surface area contributed by atoms with E-state index < -0.39 is 0 Å². The van der Waals surface area contributed by atoms with Crippen LogP contribution in [0.4, 0.5) is 0 Å². The summed E-state index contributed by atoms with van der Waals surface area (Å²) in [7, 11) is 0. The monoisotopic (exact) mass is 280 g/mol. The van der Waals surface area contributed by atoms with E-state index in [2.05, 4.69) is 6.07 Å². The van der Waals surface area contributed by atoms with Gasteiger partial charge < -0.3 is 10.6 Å². The molecule has 2 N–H and O–H groups in total. The molecule has 1 aromatic carbocycles. The number of nitrogens with two attached hydrogens (primary N) is 1. The van der Waals surface area contributed by atoms with Crippen molar-refractivity contribution in [3.8, 4) is 0 Å². The van der Waals surface area contributed by atoms with Crippen LogP contribution in [-0.4, -0.2) is 23.9 Å². The van der Waals surface area contributed by atoms with E-state index in [4.69, 9.17) is 17.3 Å². The van der Waals surface area contributed by atoms with Gasteiger partial charge in [-0.15, -0.1) is 0 Å². The van der Waals surface area contributed by atoms with Gasteiger partial charge in [-0.3, -0.25) is 4.79 Å². The van der Waals surface area contributed by atoms with Crippen molar-refractivity contribution in [2.45, 2.75) is 32.2 Å². The van der Waals surface area contributed by atoms with E-state index in [0.29, 0.717) is 13.0 Å². The smallest absolute Gasteiger partial charge is 0.223 e. The second kappa shape index (κ2) is 6.40. The molecule has 1 heterocycles. The van der Waals surface area contributed by atoms with Gasteiger partial charge in [0.15, 0.2) is 0 Å². The van der Waals surface area contributed by atoms with Crippen molar-refractivity contribution in [3.05, 3.63) is 34.9 Å². The third kappa shape index (κ3) is 3.48. The number of carbonyl (C=O) groups excluding carboxylic acids is 1. The number of halogens is 1. The van der Waals surface area contributed by atoms with Crippen LogP contribution in [0.5, 0.6) is 0 Å². The molecule has 0 bridgehead atoms. The van der Waals surface area contributed by atoms with Crippen LogP contribution in [0, 0.1) is 5.92 Å². The lowest BCUT2D eigenvalue weighted by Crippen LogP contribution is -2.32. The highest BCUT2D eigenvalue weighted by Gasteiger charge is 2.30. The van der Waals surface area contributed by atoms with Crippen LogP contribution in [0.25, 0.3) is 0 Å². The van der Waals surface area contributed by atoms with Gasteiger partial charge in [-0.1, -0.05) is 30.7 Å². The molecule has 104 valence electrons. The van der Waals surface area contributed by atoms with E-state index in [1.54, 1.807) is 0 Å². The Bertz CT molecular complexity index is 450. The molecule has 3 nitrogen and oxygen atoms in total. The highest BCUT2D eigenvalue weighted by molar-refractivity contribution is 6.30. The van der Waals surface area contributed by atoms with E-state index in [-0.39, 0.29) is 17.9 Å².